The van der Waals surface area contributed by atoms with Gasteiger partial charge in [-0.05, 0) is 12.2 Å². The van der Waals surface area contributed by atoms with E-state index in [2.05, 4.69) is 12.2 Å². The van der Waals surface area contributed by atoms with Crippen LogP contribution in [0.5, 0.6) is 0 Å². The van der Waals surface area contributed by atoms with Gasteiger partial charge in [0.2, 0.25) is 5.91 Å². The molecule has 0 bridgehead atoms. The molecule has 0 aromatic carbocycles. The van der Waals surface area contributed by atoms with Crippen molar-refractivity contribution in [1.82, 2.24) is 4.90 Å². The van der Waals surface area contributed by atoms with Gasteiger partial charge in [-0.2, -0.15) is 0 Å². The van der Waals surface area contributed by atoms with E-state index >= 15 is 0 Å². The topological polar surface area (TPSA) is 46.3 Å². The van der Waals surface area contributed by atoms with Crippen LogP contribution >= 0.6 is 12.2 Å². The number of hydrogen-bond acceptors (Lipinski definition) is 2. The maximum atomic E-state index is 10.3. The molecule has 0 heterocycles. The van der Waals surface area contributed by atoms with Gasteiger partial charge in [0.25, 0.3) is 0 Å². The van der Waals surface area contributed by atoms with E-state index < -0.39 is 0 Å². The highest BCUT2D eigenvalue weighted by Gasteiger charge is 2.01. The zero-order valence-electron chi connectivity index (χ0n) is 4.84. The van der Waals surface area contributed by atoms with Gasteiger partial charge in [0.15, 0.2) is 5.11 Å². The highest BCUT2D eigenvalue weighted by atomic mass is 32.1. The summed E-state index contributed by atoms with van der Waals surface area (Å²) in [6.07, 6.45) is 0. The molecule has 0 saturated heterocycles. The smallest absolute Gasteiger partial charge is 0.225 e. The van der Waals surface area contributed by atoms with Gasteiger partial charge in [0.05, 0.1) is 0 Å². The molecule has 0 aliphatic carbocycles. The summed E-state index contributed by atoms with van der Waals surface area (Å²) >= 11 is 4.48. The Balaban J connectivity index is 3.83. The minimum Gasteiger partial charge on any atom is -0.376 e. The highest BCUT2D eigenvalue weighted by molar-refractivity contribution is 7.80. The van der Waals surface area contributed by atoms with E-state index in [0.29, 0.717) is 0 Å². The molecule has 0 aliphatic heterocycles. The standard InChI is InChI=1S/C4H8N2OS/c1-3(7)6(2)4(5)8/h1-2H3,(H2,5,8). The summed E-state index contributed by atoms with van der Waals surface area (Å²) in [4.78, 5) is 11.5. The van der Waals surface area contributed by atoms with Crippen molar-refractivity contribution in [2.75, 3.05) is 7.05 Å². The summed E-state index contributed by atoms with van der Waals surface area (Å²) in [5.74, 6) is -0.141. The SMILES string of the molecule is CC(=O)N(C)C(N)=S. The molecule has 0 aliphatic rings. The maximum absolute atomic E-state index is 10.3. The Bertz CT molecular complexity index is 109. The van der Waals surface area contributed by atoms with E-state index in [9.17, 15) is 4.79 Å². The van der Waals surface area contributed by atoms with E-state index in [-0.39, 0.29) is 11.0 Å². The first-order valence-corrected chi connectivity index (χ1v) is 2.50. The van der Waals surface area contributed by atoms with Crippen LogP contribution in [0.2, 0.25) is 0 Å². The van der Waals surface area contributed by atoms with Gasteiger partial charge < -0.3 is 5.73 Å². The number of carbonyl (C=O) groups excluding carboxylic acids is 1. The molecule has 3 nitrogen and oxygen atoms in total. The van der Waals surface area contributed by atoms with Gasteiger partial charge >= 0.3 is 0 Å². The monoisotopic (exact) mass is 132 g/mol. The van der Waals surface area contributed by atoms with Gasteiger partial charge in [-0.1, -0.05) is 0 Å². The fourth-order valence-electron chi connectivity index (χ4n) is 0.155. The zero-order chi connectivity index (χ0) is 6.73. The molecule has 0 unspecified atom stereocenters. The molecule has 0 radical (unpaired) electrons. The van der Waals surface area contributed by atoms with Crippen molar-refractivity contribution in [3.8, 4) is 0 Å². The summed E-state index contributed by atoms with van der Waals surface area (Å²) in [6, 6.07) is 0. The predicted molar refractivity (Wildman–Crippen MR) is 35.2 cm³/mol. The van der Waals surface area contributed by atoms with E-state index in [1.54, 1.807) is 0 Å². The number of rotatable bonds is 0. The van der Waals surface area contributed by atoms with Crippen LogP contribution in [0.15, 0.2) is 0 Å². The van der Waals surface area contributed by atoms with E-state index in [0.717, 1.165) is 0 Å². The maximum Gasteiger partial charge on any atom is 0.225 e. The van der Waals surface area contributed by atoms with Gasteiger partial charge in [0.1, 0.15) is 0 Å². The molecule has 46 valence electrons. The van der Waals surface area contributed by atoms with E-state index in [1.807, 2.05) is 0 Å². The normalized spacial score (nSPS) is 8.25. The Morgan fingerprint density at radius 3 is 2.12 bits per heavy atom. The zero-order valence-corrected chi connectivity index (χ0v) is 5.66. The Labute approximate surface area is 53.5 Å². The molecule has 0 fully saturated rings. The summed E-state index contributed by atoms with van der Waals surface area (Å²) in [7, 11) is 1.53. The van der Waals surface area contributed by atoms with Crippen LogP contribution in [0, 0.1) is 0 Å². The number of carbonyl (C=O) groups is 1. The Morgan fingerprint density at radius 2 is 2.12 bits per heavy atom. The molecular formula is C4H8N2OS. The van der Waals surface area contributed by atoms with E-state index in [1.165, 1.54) is 18.9 Å². The number of thiocarbonyl (C=S) groups is 1. The van der Waals surface area contributed by atoms with Crippen molar-refractivity contribution < 1.29 is 4.79 Å². The Morgan fingerprint density at radius 1 is 1.75 bits per heavy atom. The lowest BCUT2D eigenvalue weighted by Crippen LogP contribution is -2.35. The van der Waals surface area contributed by atoms with Gasteiger partial charge in [-0.15, -0.1) is 0 Å². The fourth-order valence-corrected chi connectivity index (χ4v) is 0.284. The molecule has 2 N–H and O–H groups in total. The number of nitrogens with zero attached hydrogens (tertiary/aromatic N) is 1. The first-order chi connectivity index (χ1) is 3.55. The third-order valence-corrected chi connectivity index (χ3v) is 1.08. The van der Waals surface area contributed by atoms with Crippen LogP contribution in [0.3, 0.4) is 0 Å². The van der Waals surface area contributed by atoms with Gasteiger partial charge in [-0.3, -0.25) is 9.69 Å². The second-order valence-electron chi connectivity index (χ2n) is 1.42. The molecule has 0 spiro atoms. The van der Waals surface area contributed by atoms with E-state index in [4.69, 9.17) is 5.73 Å². The molecule has 0 aromatic rings. The molecule has 0 atom stereocenters. The summed E-state index contributed by atoms with van der Waals surface area (Å²) in [6.45, 7) is 1.40. The number of nitrogens with two attached hydrogens (primary N) is 1. The van der Waals surface area contributed by atoms with Crippen LogP contribution in [0.25, 0.3) is 0 Å². The van der Waals surface area contributed by atoms with Crippen molar-refractivity contribution in [2.24, 2.45) is 5.73 Å². The van der Waals surface area contributed by atoms with Crippen LogP contribution in [-0.2, 0) is 4.79 Å². The van der Waals surface area contributed by atoms with Crippen molar-refractivity contribution in [3.05, 3.63) is 0 Å². The minimum absolute atomic E-state index is 0.109. The summed E-state index contributed by atoms with van der Waals surface area (Å²) in [5, 5.41) is 0.109. The highest BCUT2D eigenvalue weighted by Crippen LogP contribution is 1.80. The fraction of sp³-hybridized carbons (Fsp3) is 0.500. The van der Waals surface area contributed by atoms with Crippen LogP contribution in [0.1, 0.15) is 6.92 Å². The summed E-state index contributed by atoms with van der Waals surface area (Å²) < 4.78 is 0. The van der Waals surface area contributed by atoms with Crippen molar-refractivity contribution in [2.45, 2.75) is 6.92 Å². The molecule has 1 amide bonds. The van der Waals surface area contributed by atoms with Crippen LogP contribution in [-0.4, -0.2) is 23.0 Å². The molecule has 0 saturated carbocycles. The van der Waals surface area contributed by atoms with Crippen molar-refractivity contribution in [1.29, 1.82) is 0 Å². The Hall–Kier alpha value is -0.640. The second kappa shape index (κ2) is 2.61. The van der Waals surface area contributed by atoms with Crippen molar-refractivity contribution in [3.63, 3.8) is 0 Å². The molecule has 0 rings (SSSR count). The Kier molecular flexibility index (Phi) is 2.41. The predicted octanol–water partition coefficient (Wildman–Crippen LogP) is -0.292. The van der Waals surface area contributed by atoms with Gasteiger partial charge in [0, 0.05) is 14.0 Å². The summed E-state index contributed by atoms with van der Waals surface area (Å²) in [5.41, 5.74) is 5.07. The molecule has 0 aromatic heterocycles. The number of hydrogen-bond donors (Lipinski definition) is 1. The quantitative estimate of drug-likeness (QED) is 0.461. The second-order valence-corrected chi connectivity index (χ2v) is 1.83. The third kappa shape index (κ3) is 1.88. The number of amides is 1. The average molecular weight is 132 g/mol. The lowest BCUT2D eigenvalue weighted by molar-refractivity contribution is -0.124. The molecule has 8 heavy (non-hydrogen) atoms. The first-order valence-electron chi connectivity index (χ1n) is 2.09. The van der Waals surface area contributed by atoms with Crippen molar-refractivity contribution >= 4 is 23.2 Å². The lowest BCUT2D eigenvalue weighted by Gasteiger charge is -2.09. The molecular weight excluding hydrogens is 124 g/mol. The minimum atomic E-state index is -0.141. The largest absolute Gasteiger partial charge is 0.376 e. The average Bonchev–Trinajstić information content (AvgIpc) is 1.64. The first kappa shape index (κ1) is 7.36. The van der Waals surface area contributed by atoms with Crippen LogP contribution in [0.4, 0.5) is 0 Å². The van der Waals surface area contributed by atoms with Gasteiger partial charge in [-0.25, -0.2) is 0 Å². The lowest BCUT2D eigenvalue weighted by atomic mass is 10.6. The third-order valence-electron chi connectivity index (χ3n) is 0.803. The van der Waals surface area contributed by atoms with Crippen LogP contribution < -0.4 is 5.73 Å². The molecule has 4 heteroatoms.